The Bertz CT molecular complexity index is 251. The van der Waals surface area contributed by atoms with Crippen molar-refractivity contribution in [3.8, 4) is 0 Å². The monoisotopic (exact) mass is 233 g/mol. The summed E-state index contributed by atoms with van der Waals surface area (Å²) in [5, 5.41) is 11.8. The van der Waals surface area contributed by atoms with Crippen LogP contribution in [0.5, 0.6) is 0 Å². The molecule has 15 heavy (non-hydrogen) atoms. The lowest BCUT2D eigenvalue weighted by molar-refractivity contribution is -0.132. The lowest BCUT2D eigenvalue weighted by Gasteiger charge is -2.01. The van der Waals surface area contributed by atoms with Gasteiger partial charge >= 0.3 is 5.97 Å². The van der Waals surface area contributed by atoms with Crippen LogP contribution in [0.2, 0.25) is 0 Å². The molecule has 0 spiro atoms. The molecule has 0 heterocycles. The average Bonchev–Trinajstić information content (AvgIpc) is 2.15. The normalized spacial score (nSPS) is 13.9. The van der Waals surface area contributed by atoms with Crippen molar-refractivity contribution in [3.05, 3.63) is 11.6 Å². The van der Waals surface area contributed by atoms with Gasteiger partial charge in [0.05, 0.1) is 0 Å². The first kappa shape index (κ1) is 14.3. The van der Waals surface area contributed by atoms with Crippen LogP contribution in [-0.4, -0.2) is 40.4 Å². The molecule has 1 atom stereocenters. The van der Waals surface area contributed by atoms with E-state index in [2.05, 4.69) is 5.32 Å². The van der Waals surface area contributed by atoms with Crippen molar-refractivity contribution in [2.75, 3.05) is 25.1 Å². The average molecular weight is 233 g/mol. The van der Waals surface area contributed by atoms with Gasteiger partial charge in [-0.2, -0.15) is 0 Å². The van der Waals surface area contributed by atoms with Crippen LogP contribution in [0.15, 0.2) is 11.6 Å². The van der Waals surface area contributed by atoms with Crippen LogP contribution in [0.25, 0.3) is 0 Å². The molecule has 0 fully saturated rings. The van der Waals surface area contributed by atoms with Crippen LogP contribution in [0, 0.1) is 0 Å². The zero-order chi connectivity index (χ0) is 11.7. The third kappa shape index (κ3) is 8.32. The molecule has 88 valence electrons. The standard InChI is InChI=1S/C10H19NO3S/c1-3-9(10(12)13)5-7-11-6-4-8-15(2)14/h5,11H,3-4,6-8H2,1-2H3,(H,12,13). The summed E-state index contributed by atoms with van der Waals surface area (Å²) in [7, 11) is -0.738. The molecule has 0 aliphatic rings. The van der Waals surface area contributed by atoms with Crippen LogP contribution in [0.3, 0.4) is 0 Å². The maximum atomic E-state index is 10.7. The van der Waals surface area contributed by atoms with Crippen molar-refractivity contribution in [2.24, 2.45) is 0 Å². The number of nitrogens with one attached hydrogen (secondary N) is 1. The van der Waals surface area contributed by atoms with Gasteiger partial charge in [0.25, 0.3) is 0 Å². The van der Waals surface area contributed by atoms with Crippen LogP contribution in [0.1, 0.15) is 19.8 Å². The fraction of sp³-hybridized carbons (Fsp3) is 0.700. The summed E-state index contributed by atoms with van der Waals surface area (Å²) >= 11 is 0. The molecule has 0 saturated carbocycles. The molecule has 0 amide bonds. The topological polar surface area (TPSA) is 66.4 Å². The molecule has 5 heteroatoms. The van der Waals surface area contributed by atoms with Gasteiger partial charge in [0.2, 0.25) is 0 Å². The third-order valence-corrected chi connectivity index (χ3v) is 2.80. The van der Waals surface area contributed by atoms with Crippen LogP contribution >= 0.6 is 0 Å². The molecule has 0 radical (unpaired) electrons. The Morgan fingerprint density at radius 3 is 2.67 bits per heavy atom. The molecule has 0 aliphatic heterocycles. The highest BCUT2D eigenvalue weighted by molar-refractivity contribution is 7.84. The molecule has 0 aromatic carbocycles. The number of hydrogen-bond donors (Lipinski definition) is 2. The number of carboxylic acid groups (broad SMARTS) is 1. The number of hydrogen-bond acceptors (Lipinski definition) is 3. The van der Waals surface area contributed by atoms with E-state index in [1.54, 1.807) is 12.3 Å². The highest BCUT2D eigenvalue weighted by Gasteiger charge is 2.02. The van der Waals surface area contributed by atoms with Gasteiger partial charge in [-0.3, -0.25) is 4.21 Å². The Labute approximate surface area is 93.2 Å². The molecule has 0 rings (SSSR count). The van der Waals surface area contributed by atoms with Crippen LogP contribution in [-0.2, 0) is 15.6 Å². The van der Waals surface area contributed by atoms with Crippen molar-refractivity contribution >= 4 is 16.8 Å². The van der Waals surface area contributed by atoms with Crippen LogP contribution in [0.4, 0.5) is 0 Å². The molecule has 4 nitrogen and oxygen atoms in total. The van der Waals surface area contributed by atoms with E-state index in [0.717, 1.165) is 13.0 Å². The summed E-state index contributed by atoms with van der Waals surface area (Å²) in [6.07, 6.45) is 4.76. The van der Waals surface area contributed by atoms with Crippen molar-refractivity contribution in [3.63, 3.8) is 0 Å². The number of rotatable bonds is 8. The quantitative estimate of drug-likeness (QED) is 0.480. The summed E-state index contributed by atoms with van der Waals surface area (Å²) in [5.74, 6) is -0.162. The molecular weight excluding hydrogens is 214 g/mol. The minimum absolute atomic E-state index is 0.432. The van der Waals surface area contributed by atoms with E-state index >= 15 is 0 Å². The minimum Gasteiger partial charge on any atom is -0.478 e. The summed E-state index contributed by atoms with van der Waals surface area (Å²) in [5.41, 5.74) is 0.432. The summed E-state index contributed by atoms with van der Waals surface area (Å²) < 4.78 is 10.7. The maximum Gasteiger partial charge on any atom is 0.331 e. The molecule has 1 unspecified atom stereocenters. The Morgan fingerprint density at radius 1 is 1.53 bits per heavy atom. The first-order valence-corrected chi connectivity index (χ1v) is 6.73. The molecule has 2 N–H and O–H groups in total. The SMILES string of the molecule is CCC(=CCNCCCS(C)=O)C(=O)O. The lowest BCUT2D eigenvalue weighted by Crippen LogP contribution is -2.18. The molecular formula is C10H19NO3S. The fourth-order valence-electron chi connectivity index (χ4n) is 1.08. The van der Waals surface area contributed by atoms with E-state index < -0.39 is 16.8 Å². The van der Waals surface area contributed by atoms with Crippen LogP contribution < -0.4 is 5.32 Å². The Balaban J connectivity index is 3.59. The third-order valence-electron chi connectivity index (χ3n) is 1.93. The predicted octanol–water partition coefficient (Wildman–Crippen LogP) is 0.766. The van der Waals surface area contributed by atoms with Crippen molar-refractivity contribution in [1.29, 1.82) is 0 Å². The second kappa shape index (κ2) is 8.61. The summed E-state index contributed by atoms with van der Waals surface area (Å²) in [6, 6.07) is 0. The van der Waals surface area contributed by atoms with Gasteiger partial charge in [-0.15, -0.1) is 0 Å². The van der Waals surface area contributed by atoms with Gasteiger partial charge in [0.1, 0.15) is 0 Å². The molecule has 0 bridgehead atoms. The smallest absolute Gasteiger partial charge is 0.331 e. The van der Waals surface area contributed by atoms with Crippen molar-refractivity contribution in [2.45, 2.75) is 19.8 Å². The van der Waals surface area contributed by atoms with Crippen molar-refractivity contribution in [1.82, 2.24) is 5.32 Å². The van der Waals surface area contributed by atoms with E-state index in [-0.39, 0.29) is 0 Å². The first-order chi connectivity index (χ1) is 7.07. The lowest BCUT2D eigenvalue weighted by atomic mass is 10.2. The van der Waals surface area contributed by atoms with Gasteiger partial charge in [-0.05, 0) is 19.4 Å². The molecule has 0 aromatic rings. The molecule has 0 saturated heterocycles. The highest BCUT2D eigenvalue weighted by atomic mass is 32.2. The molecule has 0 aliphatic carbocycles. The van der Waals surface area contributed by atoms with Gasteiger partial charge in [0.15, 0.2) is 0 Å². The predicted molar refractivity (Wildman–Crippen MR) is 62.4 cm³/mol. The summed E-state index contributed by atoms with van der Waals surface area (Å²) in [6.45, 7) is 3.15. The maximum absolute atomic E-state index is 10.7. The molecule has 0 aromatic heterocycles. The Kier molecular flexibility index (Phi) is 8.22. The number of aliphatic carboxylic acids is 1. The highest BCUT2D eigenvalue weighted by Crippen LogP contribution is 1.98. The van der Waals surface area contributed by atoms with Gasteiger partial charge in [-0.1, -0.05) is 13.0 Å². The van der Waals surface area contributed by atoms with E-state index in [1.165, 1.54) is 0 Å². The van der Waals surface area contributed by atoms with Gasteiger partial charge < -0.3 is 10.4 Å². The fourth-order valence-corrected chi connectivity index (χ4v) is 1.63. The largest absolute Gasteiger partial charge is 0.478 e. The van der Waals surface area contributed by atoms with Gasteiger partial charge in [0, 0.05) is 34.9 Å². The van der Waals surface area contributed by atoms with E-state index in [1.807, 2.05) is 6.92 Å². The second-order valence-corrected chi connectivity index (χ2v) is 4.78. The van der Waals surface area contributed by atoms with Crippen molar-refractivity contribution < 1.29 is 14.1 Å². The zero-order valence-corrected chi connectivity index (χ0v) is 10.1. The van der Waals surface area contributed by atoms with Gasteiger partial charge in [-0.25, -0.2) is 4.79 Å². The van der Waals surface area contributed by atoms with E-state index in [0.29, 0.717) is 24.3 Å². The van der Waals surface area contributed by atoms with E-state index in [9.17, 15) is 9.00 Å². The summed E-state index contributed by atoms with van der Waals surface area (Å²) in [4.78, 5) is 10.6. The first-order valence-electron chi connectivity index (χ1n) is 5.01. The van der Waals surface area contributed by atoms with E-state index in [4.69, 9.17) is 5.11 Å². The number of carbonyl (C=O) groups is 1. The minimum atomic E-state index is -0.853. The Hall–Kier alpha value is -0.680. The Morgan fingerprint density at radius 2 is 2.20 bits per heavy atom. The zero-order valence-electron chi connectivity index (χ0n) is 9.28. The number of carboxylic acids is 1. The second-order valence-electron chi connectivity index (χ2n) is 3.22.